The number of benzene rings is 1. The molecule has 1 aromatic carbocycles. The van der Waals surface area contributed by atoms with Crippen molar-refractivity contribution in [3.05, 3.63) is 58.9 Å². The number of aromatic nitrogens is 2. The Kier molecular flexibility index (Phi) is 3.25. The van der Waals surface area contributed by atoms with Crippen molar-refractivity contribution in [3.8, 4) is 0 Å². The Morgan fingerprint density at radius 2 is 2.10 bits per heavy atom. The highest BCUT2D eigenvalue weighted by Crippen LogP contribution is 2.31. The Hall–Kier alpha value is -2.21. The molecule has 3 rings (SSSR count). The molecule has 1 unspecified atom stereocenters. The molecule has 21 heavy (non-hydrogen) atoms. The average Bonchev–Trinajstić information content (AvgIpc) is 2.86. The van der Waals surface area contributed by atoms with E-state index >= 15 is 0 Å². The van der Waals surface area contributed by atoms with E-state index in [0.29, 0.717) is 22.1 Å². The molecule has 2 N–H and O–H groups in total. The maximum atomic E-state index is 14.1. The van der Waals surface area contributed by atoms with Crippen LogP contribution in [0.3, 0.4) is 0 Å². The van der Waals surface area contributed by atoms with Gasteiger partial charge in [0.05, 0.1) is 5.56 Å². The maximum Gasteiger partial charge on any atom is 0.137 e. The van der Waals surface area contributed by atoms with Gasteiger partial charge in [0.1, 0.15) is 31.2 Å². The van der Waals surface area contributed by atoms with E-state index in [1.165, 1.54) is 25.4 Å². The minimum absolute atomic E-state index is 0.267. The van der Waals surface area contributed by atoms with E-state index in [4.69, 9.17) is 7.85 Å². The van der Waals surface area contributed by atoms with Crippen LogP contribution in [0.1, 0.15) is 22.8 Å². The van der Waals surface area contributed by atoms with E-state index in [9.17, 15) is 13.9 Å². The van der Waals surface area contributed by atoms with E-state index in [-0.39, 0.29) is 11.1 Å². The molecule has 3 aromatic rings. The highest BCUT2D eigenvalue weighted by Gasteiger charge is 2.23. The van der Waals surface area contributed by atoms with Gasteiger partial charge in [-0.25, -0.2) is 13.8 Å². The number of hydrogen-bond donors (Lipinski definition) is 2. The first kappa shape index (κ1) is 13.8. The van der Waals surface area contributed by atoms with Crippen LogP contribution >= 0.6 is 0 Å². The monoisotopic (exact) mass is 284 g/mol. The fourth-order valence-corrected chi connectivity index (χ4v) is 2.35. The molecule has 104 valence electrons. The van der Waals surface area contributed by atoms with Gasteiger partial charge in [-0.05, 0) is 18.6 Å². The lowest BCUT2D eigenvalue weighted by molar-refractivity contribution is 0.210. The van der Waals surface area contributed by atoms with E-state index in [0.717, 1.165) is 6.07 Å². The van der Waals surface area contributed by atoms with Crippen LogP contribution in [-0.4, -0.2) is 22.9 Å². The molecule has 0 saturated heterocycles. The van der Waals surface area contributed by atoms with Crippen molar-refractivity contribution in [1.82, 2.24) is 9.97 Å². The number of aromatic amines is 1. The smallest absolute Gasteiger partial charge is 0.137 e. The van der Waals surface area contributed by atoms with Gasteiger partial charge in [0.2, 0.25) is 0 Å². The van der Waals surface area contributed by atoms with Gasteiger partial charge in [-0.2, -0.15) is 0 Å². The van der Waals surface area contributed by atoms with Gasteiger partial charge in [0, 0.05) is 23.3 Å². The third-order valence-corrected chi connectivity index (χ3v) is 3.47. The van der Waals surface area contributed by atoms with Crippen molar-refractivity contribution in [3.63, 3.8) is 0 Å². The summed E-state index contributed by atoms with van der Waals surface area (Å²) in [6.07, 6.45) is 1.49. The summed E-state index contributed by atoms with van der Waals surface area (Å²) >= 11 is 0. The van der Waals surface area contributed by atoms with Gasteiger partial charge in [0.15, 0.2) is 0 Å². The summed E-state index contributed by atoms with van der Waals surface area (Å²) in [5.41, 5.74) is 1.11. The predicted octanol–water partition coefficient (Wildman–Crippen LogP) is 2.03. The van der Waals surface area contributed by atoms with Gasteiger partial charge in [-0.15, -0.1) is 0 Å². The van der Waals surface area contributed by atoms with Crippen LogP contribution in [0.2, 0.25) is 0 Å². The van der Waals surface area contributed by atoms with Crippen LogP contribution in [0.5, 0.6) is 0 Å². The van der Waals surface area contributed by atoms with Crippen molar-refractivity contribution in [1.29, 1.82) is 0 Å². The molecule has 0 amide bonds. The second-order valence-electron chi connectivity index (χ2n) is 4.90. The van der Waals surface area contributed by atoms with Gasteiger partial charge in [-0.3, -0.25) is 0 Å². The molecular formula is C15H11BF2N2O. The Morgan fingerprint density at radius 3 is 2.86 bits per heavy atom. The molecule has 0 aliphatic heterocycles. The van der Waals surface area contributed by atoms with Gasteiger partial charge in [-0.1, -0.05) is 17.6 Å². The second kappa shape index (κ2) is 4.97. The van der Waals surface area contributed by atoms with E-state index in [2.05, 4.69) is 9.97 Å². The third kappa shape index (κ3) is 2.21. The Bertz CT molecular complexity index is 832. The largest absolute Gasteiger partial charge is 0.383 e. The molecule has 0 spiro atoms. The zero-order valence-corrected chi connectivity index (χ0v) is 11.2. The van der Waals surface area contributed by atoms with Crippen LogP contribution in [0.15, 0.2) is 30.6 Å². The standard InChI is InChI=1S/C15H11BF2N2O/c1-7-2-3-11(17)12(13(7)18)14(21)10-6-20-15-9(10)4-8(16)5-19-15/h2-6,14,21H,1H3,(H,19,20). The number of nitrogens with one attached hydrogen (secondary N) is 1. The van der Waals surface area contributed by atoms with E-state index in [1.54, 1.807) is 6.07 Å². The molecule has 3 nitrogen and oxygen atoms in total. The molecule has 2 aromatic heterocycles. The number of nitrogens with zero attached hydrogens (tertiary/aromatic N) is 1. The Balaban J connectivity index is 2.19. The number of hydrogen-bond acceptors (Lipinski definition) is 2. The zero-order valence-electron chi connectivity index (χ0n) is 11.2. The number of pyridine rings is 1. The van der Waals surface area contributed by atoms with E-state index < -0.39 is 17.7 Å². The average molecular weight is 284 g/mol. The van der Waals surface area contributed by atoms with E-state index in [1.807, 2.05) is 0 Å². The van der Waals surface area contributed by atoms with Crippen LogP contribution < -0.4 is 5.46 Å². The topological polar surface area (TPSA) is 48.9 Å². The van der Waals surface area contributed by atoms with Crippen molar-refractivity contribution in [2.75, 3.05) is 0 Å². The van der Waals surface area contributed by atoms with Gasteiger partial charge < -0.3 is 10.1 Å². The minimum atomic E-state index is -1.44. The van der Waals surface area contributed by atoms with Gasteiger partial charge >= 0.3 is 0 Å². The first-order valence-corrected chi connectivity index (χ1v) is 6.34. The molecule has 0 bridgehead atoms. The van der Waals surface area contributed by atoms with Crippen molar-refractivity contribution in [2.45, 2.75) is 13.0 Å². The van der Waals surface area contributed by atoms with Gasteiger partial charge in [0.25, 0.3) is 0 Å². The SMILES string of the molecule is [B]c1cnc2[nH]cc(C(O)c3c(F)ccc(C)c3F)c2c1. The molecule has 0 aliphatic carbocycles. The summed E-state index contributed by atoms with van der Waals surface area (Å²) in [5, 5.41) is 10.9. The summed E-state index contributed by atoms with van der Waals surface area (Å²) in [4.78, 5) is 6.91. The number of rotatable bonds is 2. The van der Waals surface area contributed by atoms with Crippen molar-refractivity contribution < 1.29 is 13.9 Å². The number of aliphatic hydroxyl groups is 1. The van der Waals surface area contributed by atoms with Crippen molar-refractivity contribution in [2.24, 2.45) is 0 Å². The lowest BCUT2D eigenvalue weighted by Gasteiger charge is -2.14. The van der Waals surface area contributed by atoms with Crippen LogP contribution in [0, 0.1) is 18.6 Å². The molecule has 2 heterocycles. The molecule has 0 fully saturated rings. The molecule has 0 saturated carbocycles. The predicted molar refractivity (Wildman–Crippen MR) is 76.6 cm³/mol. The number of fused-ring (bicyclic) bond motifs is 1. The summed E-state index contributed by atoms with van der Waals surface area (Å²) in [7, 11) is 5.67. The van der Waals surface area contributed by atoms with Crippen LogP contribution in [0.4, 0.5) is 8.78 Å². The highest BCUT2D eigenvalue weighted by molar-refractivity contribution is 6.32. The summed E-state index contributed by atoms with van der Waals surface area (Å²) in [5.74, 6) is -1.55. The number of aryl methyl sites for hydroxylation is 1. The first-order chi connectivity index (χ1) is 9.99. The fraction of sp³-hybridized carbons (Fsp3) is 0.133. The highest BCUT2D eigenvalue weighted by atomic mass is 19.1. The summed E-state index contributed by atoms with van der Waals surface area (Å²) < 4.78 is 28.0. The maximum absolute atomic E-state index is 14.1. The zero-order chi connectivity index (χ0) is 15.1. The molecule has 6 heteroatoms. The van der Waals surface area contributed by atoms with Crippen molar-refractivity contribution >= 4 is 24.3 Å². The Morgan fingerprint density at radius 1 is 1.33 bits per heavy atom. The molecule has 2 radical (unpaired) electrons. The Labute approximate surface area is 121 Å². The fourth-order valence-electron chi connectivity index (χ4n) is 2.35. The molecule has 1 atom stereocenters. The lowest BCUT2D eigenvalue weighted by Crippen LogP contribution is -2.08. The third-order valence-electron chi connectivity index (χ3n) is 3.47. The number of aliphatic hydroxyl groups excluding tert-OH is 1. The quantitative estimate of drug-likeness (QED) is 0.707. The molecule has 0 aliphatic rings. The molecular weight excluding hydrogens is 273 g/mol. The normalized spacial score (nSPS) is 12.8. The summed E-state index contributed by atoms with van der Waals surface area (Å²) in [6.45, 7) is 1.51. The summed E-state index contributed by atoms with van der Waals surface area (Å²) in [6, 6.07) is 4.07. The van der Waals surface area contributed by atoms with Crippen LogP contribution in [0.25, 0.3) is 11.0 Å². The second-order valence-corrected chi connectivity index (χ2v) is 4.90. The number of halogens is 2. The lowest BCUT2D eigenvalue weighted by atomic mass is 9.94. The first-order valence-electron chi connectivity index (χ1n) is 6.34. The van der Waals surface area contributed by atoms with Crippen LogP contribution in [-0.2, 0) is 0 Å². The number of H-pyrrole nitrogens is 1. The minimum Gasteiger partial charge on any atom is -0.383 e.